The molecule has 1 aromatic heterocycles. The maximum absolute atomic E-state index is 13.6. The molecule has 9 heteroatoms. The molecular formula is C17H20ClF3N4O. The summed E-state index contributed by atoms with van der Waals surface area (Å²) in [5.74, 6) is -0.655. The maximum atomic E-state index is 13.6. The molecule has 0 aliphatic carbocycles. The van der Waals surface area contributed by atoms with Crippen molar-refractivity contribution >= 4 is 18.3 Å². The van der Waals surface area contributed by atoms with Gasteiger partial charge in [-0.05, 0) is 31.9 Å². The number of amides is 1. The van der Waals surface area contributed by atoms with Crippen LogP contribution in [-0.4, -0.2) is 39.7 Å². The fourth-order valence-corrected chi connectivity index (χ4v) is 2.93. The van der Waals surface area contributed by atoms with Gasteiger partial charge in [0, 0.05) is 19.1 Å². The molecule has 2 N–H and O–H groups in total. The third-order valence-electron chi connectivity index (χ3n) is 4.37. The Morgan fingerprint density at radius 3 is 2.31 bits per heavy atom. The monoisotopic (exact) mass is 388 g/mol. The van der Waals surface area contributed by atoms with Crippen molar-refractivity contribution < 1.29 is 18.0 Å². The number of hydrogen-bond donors (Lipinski definition) is 1. The second-order valence-electron chi connectivity index (χ2n) is 6.28. The largest absolute Gasteiger partial charge is 0.434 e. The number of nitrogens with two attached hydrogens (primary N) is 1. The van der Waals surface area contributed by atoms with E-state index in [-0.39, 0.29) is 24.1 Å². The Bertz CT molecular complexity index is 765. The summed E-state index contributed by atoms with van der Waals surface area (Å²) in [7, 11) is 0. The van der Waals surface area contributed by atoms with Gasteiger partial charge in [-0.1, -0.05) is 17.7 Å². The topological polar surface area (TPSA) is 64.2 Å². The number of halogens is 4. The summed E-state index contributed by atoms with van der Waals surface area (Å²) in [5, 5.41) is 3.84. The van der Waals surface area contributed by atoms with E-state index in [1.165, 1.54) is 4.90 Å². The maximum Gasteiger partial charge on any atom is 0.434 e. The van der Waals surface area contributed by atoms with Gasteiger partial charge in [0.2, 0.25) is 0 Å². The number of likely N-dealkylation sites (tertiary alicyclic amines) is 1. The lowest BCUT2D eigenvalue weighted by Gasteiger charge is -2.30. The minimum atomic E-state index is -4.70. The van der Waals surface area contributed by atoms with Gasteiger partial charge in [-0.25, -0.2) is 4.68 Å². The summed E-state index contributed by atoms with van der Waals surface area (Å²) >= 11 is 0. The SMILES string of the molecule is Cc1ccc(-n2ncc(C(=O)N3CCC(N)CC3)c2C(F)(F)F)cc1.Cl. The Morgan fingerprint density at radius 2 is 1.77 bits per heavy atom. The first-order valence-corrected chi connectivity index (χ1v) is 8.04. The van der Waals surface area contributed by atoms with Crippen molar-refractivity contribution in [2.75, 3.05) is 13.1 Å². The van der Waals surface area contributed by atoms with E-state index in [1.54, 1.807) is 24.3 Å². The molecule has 0 atom stereocenters. The molecule has 0 bridgehead atoms. The van der Waals surface area contributed by atoms with Gasteiger partial charge < -0.3 is 10.6 Å². The predicted molar refractivity (Wildman–Crippen MR) is 93.7 cm³/mol. The van der Waals surface area contributed by atoms with Crippen LogP contribution in [0.4, 0.5) is 13.2 Å². The van der Waals surface area contributed by atoms with Crippen LogP contribution in [0, 0.1) is 6.92 Å². The molecule has 1 aromatic carbocycles. The third kappa shape index (κ3) is 4.02. The summed E-state index contributed by atoms with van der Waals surface area (Å²) < 4.78 is 41.7. The van der Waals surface area contributed by atoms with E-state index in [2.05, 4.69) is 5.10 Å². The first kappa shape index (κ1) is 20.3. The summed E-state index contributed by atoms with van der Waals surface area (Å²) in [4.78, 5) is 14.0. The van der Waals surface area contributed by atoms with Crippen LogP contribution in [0.3, 0.4) is 0 Å². The van der Waals surface area contributed by atoms with Gasteiger partial charge >= 0.3 is 6.18 Å². The van der Waals surface area contributed by atoms with Crippen molar-refractivity contribution in [2.45, 2.75) is 32.0 Å². The molecule has 26 heavy (non-hydrogen) atoms. The number of carbonyl (C=O) groups excluding carboxylic acids is 1. The molecule has 1 amide bonds. The van der Waals surface area contributed by atoms with Crippen LogP contribution in [0.1, 0.15) is 34.5 Å². The van der Waals surface area contributed by atoms with Crippen molar-refractivity contribution in [1.82, 2.24) is 14.7 Å². The van der Waals surface area contributed by atoms with Crippen molar-refractivity contribution in [1.29, 1.82) is 0 Å². The molecule has 142 valence electrons. The molecule has 0 saturated carbocycles. The smallest absolute Gasteiger partial charge is 0.338 e. The highest BCUT2D eigenvalue weighted by Crippen LogP contribution is 2.34. The van der Waals surface area contributed by atoms with Gasteiger partial charge in [-0.3, -0.25) is 4.79 Å². The highest BCUT2D eigenvalue weighted by molar-refractivity contribution is 5.95. The lowest BCUT2D eigenvalue weighted by Crippen LogP contribution is -2.43. The Balaban J connectivity index is 0.00000243. The van der Waals surface area contributed by atoms with Crippen molar-refractivity contribution in [3.8, 4) is 5.69 Å². The molecule has 3 rings (SSSR count). The lowest BCUT2D eigenvalue weighted by molar-refractivity contribution is -0.143. The van der Waals surface area contributed by atoms with Crippen molar-refractivity contribution in [3.05, 3.63) is 47.3 Å². The number of piperidine rings is 1. The zero-order chi connectivity index (χ0) is 18.2. The molecule has 0 radical (unpaired) electrons. The van der Waals surface area contributed by atoms with Gasteiger partial charge in [-0.2, -0.15) is 18.3 Å². The Labute approximate surface area is 155 Å². The molecule has 1 aliphatic rings. The van der Waals surface area contributed by atoms with E-state index in [0.29, 0.717) is 25.9 Å². The Morgan fingerprint density at radius 1 is 1.19 bits per heavy atom. The van der Waals surface area contributed by atoms with E-state index in [1.807, 2.05) is 6.92 Å². The van der Waals surface area contributed by atoms with Gasteiger partial charge in [0.15, 0.2) is 5.69 Å². The zero-order valence-corrected chi connectivity index (χ0v) is 15.0. The summed E-state index contributed by atoms with van der Waals surface area (Å²) in [6, 6.07) is 6.48. The van der Waals surface area contributed by atoms with Crippen LogP contribution in [0.5, 0.6) is 0 Å². The number of aromatic nitrogens is 2. The molecule has 0 spiro atoms. The van der Waals surface area contributed by atoms with Crippen molar-refractivity contribution in [2.24, 2.45) is 5.73 Å². The minimum absolute atomic E-state index is 0. The first-order valence-electron chi connectivity index (χ1n) is 8.04. The van der Waals surface area contributed by atoms with Crippen LogP contribution in [-0.2, 0) is 6.18 Å². The number of benzene rings is 1. The molecule has 1 saturated heterocycles. The average Bonchev–Trinajstić information content (AvgIpc) is 3.01. The normalized spacial score (nSPS) is 15.7. The van der Waals surface area contributed by atoms with Gasteiger partial charge in [-0.15, -0.1) is 12.4 Å². The van der Waals surface area contributed by atoms with E-state index < -0.39 is 23.3 Å². The van der Waals surface area contributed by atoms with Crippen LogP contribution < -0.4 is 5.73 Å². The number of rotatable bonds is 2. The highest BCUT2D eigenvalue weighted by Gasteiger charge is 2.41. The molecule has 0 unspecified atom stereocenters. The highest BCUT2D eigenvalue weighted by atomic mass is 35.5. The second kappa shape index (κ2) is 7.67. The third-order valence-corrected chi connectivity index (χ3v) is 4.37. The van der Waals surface area contributed by atoms with Crippen LogP contribution >= 0.6 is 12.4 Å². The van der Waals surface area contributed by atoms with Gasteiger partial charge in [0.1, 0.15) is 0 Å². The fourth-order valence-electron chi connectivity index (χ4n) is 2.93. The van der Waals surface area contributed by atoms with E-state index >= 15 is 0 Å². The Hall–Kier alpha value is -2.06. The number of carbonyl (C=O) groups is 1. The lowest BCUT2D eigenvalue weighted by atomic mass is 10.0. The number of aryl methyl sites for hydroxylation is 1. The van der Waals surface area contributed by atoms with Crippen LogP contribution in [0.2, 0.25) is 0 Å². The van der Waals surface area contributed by atoms with Gasteiger partial charge in [0.05, 0.1) is 17.4 Å². The molecule has 2 aromatic rings. The second-order valence-corrected chi connectivity index (χ2v) is 6.28. The zero-order valence-electron chi connectivity index (χ0n) is 14.2. The van der Waals surface area contributed by atoms with Gasteiger partial charge in [0.25, 0.3) is 5.91 Å². The summed E-state index contributed by atoms with van der Waals surface area (Å²) in [6.45, 7) is 2.55. The van der Waals surface area contributed by atoms with Crippen molar-refractivity contribution in [3.63, 3.8) is 0 Å². The van der Waals surface area contributed by atoms with E-state index in [9.17, 15) is 18.0 Å². The molecular weight excluding hydrogens is 369 g/mol. The first-order chi connectivity index (χ1) is 11.8. The fraction of sp³-hybridized carbons (Fsp3) is 0.412. The van der Waals surface area contributed by atoms with E-state index in [0.717, 1.165) is 16.4 Å². The minimum Gasteiger partial charge on any atom is -0.338 e. The number of nitrogens with zero attached hydrogens (tertiary/aromatic N) is 3. The van der Waals surface area contributed by atoms with Crippen LogP contribution in [0.15, 0.2) is 30.5 Å². The molecule has 1 aliphatic heterocycles. The average molecular weight is 389 g/mol. The van der Waals surface area contributed by atoms with Crippen LogP contribution in [0.25, 0.3) is 5.69 Å². The standard InChI is InChI=1S/C17H19F3N4O.ClH/c1-11-2-4-13(5-3-11)24-15(17(18,19)20)14(10-22-24)16(25)23-8-6-12(21)7-9-23;/h2-5,10,12H,6-9,21H2,1H3;1H. The Kier molecular flexibility index (Phi) is 5.98. The molecule has 5 nitrogen and oxygen atoms in total. The number of hydrogen-bond acceptors (Lipinski definition) is 3. The quantitative estimate of drug-likeness (QED) is 0.859. The van der Waals surface area contributed by atoms with E-state index in [4.69, 9.17) is 5.73 Å². The molecule has 2 heterocycles. The summed E-state index contributed by atoms with van der Waals surface area (Å²) in [6.07, 6.45) is -2.53. The molecule has 1 fully saturated rings. The summed E-state index contributed by atoms with van der Waals surface area (Å²) in [5.41, 5.74) is 5.50. The predicted octanol–water partition coefficient (Wildman–Crippen LogP) is 3.18. The number of alkyl halides is 3.